The largest absolute Gasteiger partial charge is 0.490 e. The number of methoxy groups -OCH3 is 1. The van der Waals surface area contributed by atoms with Crippen LogP contribution in [-0.4, -0.2) is 25.6 Å². The van der Waals surface area contributed by atoms with Gasteiger partial charge in [-0.05, 0) is 79.1 Å². The molecular weight excluding hydrogens is 487 g/mol. The van der Waals surface area contributed by atoms with Crippen LogP contribution in [0.3, 0.4) is 0 Å². The Morgan fingerprint density at radius 1 is 1.11 bits per heavy atom. The van der Waals surface area contributed by atoms with Crippen molar-refractivity contribution in [1.29, 1.82) is 5.26 Å². The molecule has 3 aromatic rings. The van der Waals surface area contributed by atoms with Gasteiger partial charge in [0.05, 0.1) is 19.3 Å². The highest BCUT2D eigenvalue weighted by Gasteiger charge is 2.16. The number of hydrogen-bond acceptors (Lipinski definition) is 6. The molecule has 0 radical (unpaired) electrons. The molecule has 0 fully saturated rings. The number of benzene rings is 3. The average molecular weight is 515 g/mol. The Morgan fingerprint density at radius 2 is 1.87 bits per heavy atom. The van der Waals surface area contributed by atoms with Crippen LogP contribution in [0.15, 0.2) is 78.9 Å². The molecule has 0 bridgehead atoms. The number of hydrogen-bond donors (Lipinski definition) is 1. The van der Waals surface area contributed by atoms with Gasteiger partial charge in [0, 0.05) is 11.3 Å². The normalized spacial score (nSPS) is 10.7. The molecule has 3 rings (SSSR count). The predicted octanol–water partition coefficient (Wildman–Crippen LogP) is 5.86. The fourth-order valence-electron chi connectivity index (χ4n) is 3.60. The molecule has 0 atom stereocenters. The molecular formula is C30H27FN2O5. The van der Waals surface area contributed by atoms with Gasteiger partial charge in [-0.1, -0.05) is 18.2 Å². The van der Waals surface area contributed by atoms with E-state index >= 15 is 0 Å². The van der Waals surface area contributed by atoms with E-state index in [0.717, 1.165) is 5.56 Å². The lowest BCUT2D eigenvalue weighted by atomic mass is 10.0. The van der Waals surface area contributed by atoms with Gasteiger partial charge in [0.25, 0.3) is 5.91 Å². The molecule has 0 saturated heterocycles. The van der Waals surface area contributed by atoms with Crippen molar-refractivity contribution in [1.82, 2.24) is 0 Å². The van der Waals surface area contributed by atoms with Gasteiger partial charge < -0.3 is 19.5 Å². The van der Waals surface area contributed by atoms with E-state index in [1.54, 1.807) is 42.5 Å². The quantitative estimate of drug-likeness (QED) is 0.149. The Balaban J connectivity index is 1.88. The van der Waals surface area contributed by atoms with E-state index in [0.29, 0.717) is 46.9 Å². The molecule has 0 aromatic heterocycles. The first-order valence-corrected chi connectivity index (χ1v) is 11.8. The maximum Gasteiger partial charge on any atom is 0.337 e. The van der Waals surface area contributed by atoms with Crippen LogP contribution >= 0.6 is 0 Å². The number of nitrogens with zero attached hydrogens (tertiary/aromatic N) is 1. The summed E-state index contributed by atoms with van der Waals surface area (Å²) >= 11 is 0. The first-order valence-electron chi connectivity index (χ1n) is 11.8. The highest BCUT2D eigenvalue weighted by molar-refractivity contribution is 6.09. The lowest BCUT2D eigenvalue weighted by molar-refractivity contribution is -0.112. The highest BCUT2D eigenvalue weighted by atomic mass is 19.1. The number of rotatable bonds is 11. The summed E-state index contributed by atoms with van der Waals surface area (Å²) in [5, 5.41) is 12.3. The molecule has 0 unspecified atom stereocenters. The second-order valence-electron chi connectivity index (χ2n) is 8.04. The first-order chi connectivity index (χ1) is 18.4. The highest BCUT2D eigenvalue weighted by Crippen LogP contribution is 2.35. The van der Waals surface area contributed by atoms with E-state index in [1.165, 1.54) is 37.5 Å². The summed E-state index contributed by atoms with van der Waals surface area (Å²) in [5.74, 6) is -0.575. The Morgan fingerprint density at radius 3 is 2.50 bits per heavy atom. The number of anilines is 1. The van der Waals surface area contributed by atoms with Crippen molar-refractivity contribution < 1.29 is 28.2 Å². The van der Waals surface area contributed by atoms with E-state index in [1.807, 2.05) is 13.0 Å². The summed E-state index contributed by atoms with van der Waals surface area (Å²) in [6, 6.07) is 17.6. The van der Waals surface area contributed by atoms with Crippen molar-refractivity contribution in [3.05, 3.63) is 107 Å². The zero-order chi connectivity index (χ0) is 27.5. The molecule has 194 valence electrons. The number of carbonyl (C=O) groups is 2. The number of allylic oxidation sites excluding steroid dienone is 1. The number of halogens is 1. The number of ether oxygens (including phenoxy) is 3. The third-order valence-corrected chi connectivity index (χ3v) is 5.33. The summed E-state index contributed by atoms with van der Waals surface area (Å²) in [6.07, 6.45) is 3.58. The summed E-state index contributed by atoms with van der Waals surface area (Å²) in [5.41, 5.74) is 2.54. The SMILES string of the molecule is C=CCc1cc(/C=C(\C#N)C(=O)Nc2ccc(C(=O)OC)cc2)cc(OCC)c1OCc1cccc(F)c1. The van der Waals surface area contributed by atoms with Crippen molar-refractivity contribution in [2.45, 2.75) is 20.0 Å². The standard InChI is InChI=1S/C30H27FN2O5/c1-4-7-23-14-21(17-27(37-5-2)28(23)38-19-20-8-6-9-25(31)16-20)15-24(18-32)29(34)33-26-12-10-22(11-13-26)30(35)36-3/h4,6,8-17H,1,5,7,19H2,2-3H3,(H,33,34)/b24-15+. The van der Waals surface area contributed by atoms with Gasteiger partial charge in [-0.3, -0.25) is 4.79 Å². The maximum absolute atomic E-state index is 13.6. The number of carbonyl (C=O) groups excluding carboxylic acids is 2. The van der Waals surface area contributed by atoms with Gasteiger partial charge in [0.1, 0.15) is 24.1 Å². The van der Waals surface area contributed by atoms with Crippen molar-refractivity contribution >= 4 is 23.6 Å². The minimum absolute atomic E-state index is 0.123. The maximum atomic E-state index is 13.6. The van der Waals surface area contributed by atoms with Crippen molar-refractivity contribution in [3.8, 4) is 17.6 Å². The molecule has 0 spiro atoms. The van der Waals surface area contributed by atoms with Crippen molar-refractivity contribution in [2.24, 2.45) is 0 Å². The van der Waals surface area contributed by atoms with Crippen LogP contribution in [0.5, 0.6) is 11.5 Å². The average Bonchev–Trinajstić information content (AvgIpc) is 2.91. The van der Waals surface area contributed by atoms with Crippen LogP contribution in [-0.2, 0) is 22.6 Å². The third-order valence-electron chi connectivity index (χ3n) is 5.33. The second kappa shape index (κ2) is 13.4. The summed E-state index contributed by atoms with van der Waals surface area (Å²) in [6.45, 7) is 6.10. The van der Waals surface area contributed by atoms with E-state index in [-0.39, 0.29) is 18.0 Å². The summed E-state index contributed by atoms with van der Waals surface area (Å²) in [4.78, 5) is 24.4. The van der Waals surface area contributed by atoms with Crippen molar-refractivity contribution in [3.63, 3.8) is 0 Å². The Bertz CT molecular complexity index is 1390. The van der Waals surface area contributed by atoms with E-state index in [4.69, 9.17) is 9.47 Å². The molecule has 3 aromatic carbocycles. The fraction of sp³-hybridized carbons (Fsp3) is 0.167. The van der Waals surface area contributed by atoms with Crippen LogP contribution in [0.2, 0.25) is 0 Å². The van der Waals surface area contributed by atoms with E-state index < -0.39 is 11.9 Å². The van der Waals surface area contributed by atoms with Gasteiger partial charge in [-0.25, -0.2) is 9.18 Å². The molecule has 38 heavy (non-hydrogen) atoms. The fourth-order valence-corrected chi connectivity index (χ4v) is 3.60. The molecule has 0 heterocycles. The number of nitriles is 1. The summed E-state index contributed by atoms with van der Waals surface area (Å²) in [7, 11) is 1.28. The zero-order valence-corrected chi connectivity index (χ0v) is 21.1. The van der Waals surface area contributed by atoms with Gasteiger partial charge in [0.15, 0.2) is 11.5 Å². The Hall–Kier alpha value is -4.90. The third kappa shape index (κ3) is 7.31. The van der Waals surface area contributed by atoms with Gasteiger partial charge in [-0.2, -0.15) is 5.26 Å². The topological polar surface area (TPSA) is 97.7 Å². The second-order valence-corrected chi connectivity index (χ2v) is 8.04. The number of esters is 1. The molecule has 0 aliphatic carbocycles. The Kier molecular flexibility index (Phi) is 9.78. The van der Waals surface area contributed by atoms with Gasteiger partial charge in [0.2, 0.25) is 0 Å². The number of amides is 1. The van der Waals surface area contributed by atoms with Gasteiger partial charge in [-0.15, -0.1) is 6.58 Å². The molecule has 0 aliphatic heterocycles. The van der Waals surface area contributed by atoms with Crippen LogP contribution in [0, 0.1) is 17.1 Å². The minimum Gasteiger partial charge on any atom is -0.490 e. The van der Waals surface area contributed by atoms with Crippen LogP contribution in [0.25, 0.3) is 6.08 Å². The monoisotopic (exact) mass is 514 g/mol. The van der Waals surface area contributed by atoms with E-state index in [9.17, 15) is 19.2 Å². The first kappa shape index (κ1) is 27.7. The number of nitrogens with one attached hydrogen (secondary N) is 1. The lowest BCUT2D eigenvalue weighted by Gasteiger charge is -2.17. The minimum atomic E-state index is -0.618. The van der Waals surface area contributed by atoms with E-state index in [2.05, 4.69) is 16.6 Å². The molecule has 0 saturated carbocycles. The van der Waals surface area contributed by atoms with Gasteiger partial charge >= 0.3 is 5.97 Å². The smallest absolute Gasteiger partial charge is 0.337 e. The zero-order valence-electron chi connectivity index (χ0n) is 21.1. The van der Waals surface area contributed by atoms with Crippen LogP contribution in [0.1, 0.15) is 34.0 Å². The molecule has 0 aliphatic rings. The predicted molar refractivity (Wildman–Crippen MR) is 142 cm³/mol. The van der Waals surface area contributed by atoms with Crippen LogP contribution in [0.4, 0.5) is 10.1 Å². The molecule has 1 amide bonds. The molecule has 1 N–H and O–H groups in total. The molecule has 8 heteroatoms. The lowest BCUT2D eigenvalue weighted by Crippen LogP contribution is -2.13. The Labute approximate surface area is 220 Å². The van der Waals surface area contributed by atoms with Crippen molar-refractivity contribution in [2.75, 3.05) is 19.0 Å². The molecule has 7 nitrogen and oxygen atoms in total. The summed E-state index contributed by atoms with van der Waals surface area (Å²) < 4.78 is 30.1. The van der Waals surface area contributed by atoms with Crippen LogP contribution < -0.4 is 14.8 Å².